The molecule has 0 aromatic carbocycles. The first-order valence-corrected chi connectivity index (χ1v) is 10.3. The topological polar surface area (TPSA) is 86.6 Å². The Kier molecular flexibility index (Phi) is 4.82. The van der Waals surface area contributed by atoms with E-state index in [-0.39, 0.29) is 12.1 Å². The van der Waals surface area contributed by atoms with Crippen molar-refractivity contribution in [1.29, 1.82) is 0 Å². The smallest absolute Gasteiger partial charge is 0.329 e. The van der Waals surface area contributed by atoms with Gasteiger partial charge in [0.1, 0.15) is 5.82 Å². The Morgan fingerprint density at radius 3 is 2.90 bits per heavy atom. The van der Waals surface area contributed by atoms with Crippen LogP contribution in [-0.2, 0) is 0 Å². The first-order chi connectivity index (χ1) is 15.1. The summed E-state index contributed by atoms with van der Waals surface area (Å²) in [6.07, 6.45) is 6.15. The van der Waals surface area contributed by atoms with Crippen LogP contribution in [0.2, 0.25) is 0 Å². The minimum absolute atomic E-state index is 0.0708. The van der Waals surface area contributed by atoms with E-state index < -0.39 is 0 Å². The fourth-order valence-corrected chi connectivity index (χ4v) is 4.29. The van der Waals surface area contributed by atoms with Gasteiger partial charge in [-0.05, 0) is 43.7 Å². The molecule has 8 heteroatoms. The molecule has 1 fully saturated rings. The summed E-state index contributed by atoms with van der Waals surface area (Å²) in [5.74, 6) is 1.19. The van der Waals surface area contributed by atoms with Crippen LogP contribution in [0, 0.1) is 6.92 Å². The summed E-state index contributed by atoms with van der Waals surface area (Å²) in [5, 5.41) is 2.92. The van der Waals surface area contributed by atoms with E-state index in [9.17, 15) is 4.79 Å². The van der Waals surface area contributed by atoms with Gasteiger partial charge in [0.2, 0.25) is 0 Å². The molecule has 3 aromatic heterocycles. The molecule has 5 heterocycles. The summed E-state index contributed by atoms with van der Waals surface area (Å²) in [6.45, 7) is 3.64. The van der Waals surface area contributed by atoms with Gasteiger partial charge in [-0.25, -0.2) is 14.8 Å². The van der Waals surface area contributed by atoms with Gasteiger partial charge in [-0.2, -0.15) is 0 Å². The molecule has 2 amide bonds. The normalized spacial score (nSPS) is 17.2. The molecule has 2 aliphatic rings. The van der Waals surface area contributed by atoms with Crippen LogP contribution in [0.3, 0.4) is 0 Å². The summed E-state index contributed by atoms with van der Waals surface area (Å²) >= 11 is 0. The molecule has 0 spiro atoms. The van der Waals surface area contributed by atoms with Crippen LogP contribution in [0.5, 0.6) is 0 Å². The molecular weight excluding hydrogens is 390 g/mol. The number of nitrogens with one attached hydrogen (secondary N) is 1. The van der Waals surface area contributed by atoms with Gasteiger partial charge in [-0.3, -0.25) is 20.2 Å². The Morgan fingerprint density at radius 2 is 2.13 bits per heavy atom. The zero-order valence-corrected chi connectivity index (χ0v) is 17.5. The average Bonchev–Trinajstić information content (AvgIpc) is 3.19. The Bertz CT molecular complexity index is 1160. The number of carbonyl (C=O) groups excluding carboxylic acids is 1. The molecule has 0 unspecified atom stereocenters. The second-order valence-corrected chi connectivity index (χ2v) is 7.75. The fourth-order valence-electron chi connectivity index (χ4n) is 4.29. The predicted octanol–water partition coefficient (Wildman–Crippen LogP) is 3.53. The monoisotopic (exact) mass is 413 g/mol. The minimum atomic E-state index is -0.215. The third-order valence-electron chi connectivity index (χ3n) is 5.67. The number of rotatable bonds is 3. The van der Waals surface area contributed by atoms with Crippen LogP contribution in [0.15, 0.2) is 53.8 Å². The number of aromatic nitrogens is 3. The molecule has 5 rings (SSSR count). The van der Waals surface area contributed by atoms with Crippen molar-refractivity contribution < 1.29 is 4.79 Å². The lowest BCUT2D eigenvalue weighted by molar-refractivity contribution is 0.254. The van der Waals surface area contributed by atoms with E-state index in [0.29, 0.717) is 11.6 Å². The van der Waals surface area contributed by atoms with Crippen LogP contribution >= 0.6 is 0 Å². The number of aryl methyl sites for hydroxylation is 1. The van der Waals surface area contributed by atoms with Crippen LogP contribution in [0.4, 0.5) is 22.1 Å². The molecule has 1 N–H and O–H groups in total. The molecule has 8 nitrogen and oxygen atoms in total. The van der Waals surface area contributed by atoms with Gasteiger partial charge < -0.3 is 4.90 Å². The van der Waals surface area contributed by atoms with Gasteiger partial charge in [-0.15, -0.1) is 0 Å². The van der Waals surface area contributed by atoms with Gasteiger partial charge >= 0.3 is 6.03 Å². The molecule has 3 aromatic rings. The van der Waals surface area contributed by atoms with Crippen molar-refractivity contribution in [2.75, 3.05) is 35.3 Å². The molecule has 1 atom stereocenters. The van der Waals surface area contributed by atoms with E-state index in [1.165, 1.54) is 0 Å². The van der Waals surface area contributed by atoms with Crippen LogP contribution in [-0.4, -0.2) is 53.4 Å². The lowest BCUT2D eigenvalue weighted by Gasteiger charge is -2.36. The van der Waals surface area contributed by atoms with E-state index in [2.05, 4.69) is 31.2 Å². The quantitative estimate of drug-likeness (QED) is 0.664. The summed E-state index contributed by atoms with van der Waals surface area (Å²) in [4.78, 5) is 35.2. The number of pyridine rings is 3. The van der Waals surface area contributed by atoms with Crippen LogP contribution < -0.4 is 15.1 Å². The second-order valence-electron chi connectivity index (χ2n) is 7.75. The summed E-state index contributed by atoms with van der Waals surface area (Å²) < 4.78 is 0. The predicted molar refractivity (Wildman–Crippen MR) is 122 cm³/mol. The molecule has 2 bridgehead atoms. The van der Waals surface area contributed by atoms with Gasteiger partial charge in [-0.1, -0.05) is 6.07 Å². The van der Waals surface area contributed by atoms with Gasteiger partial charge in [0.05, 0.1) is 17.4 Å². The van der Waals surface area contributed by atoms with Gasteiger partial charge in [0.25, 0.3) is 0 Å². The molecule has 0 saturated carbocycles. The van der Waals surface area contributed by atoms with Crippen molar-refractivity contribution >= 4 is 29.6 Å². The van der Waals surface area contributed by atoms with E-state index in [0.717, 1.165) is 47.7 Å². The Balaban J connectivity index is 1.62. The van der Waals surface area contributed by atoms with Crippen molar-refractivity contribution in [3.63, 3.8) is 0 Å². The first-order valence-electron chi connectivity index (χ1n) is 10.3. The zero-order valence-electron chi connectivity index (χ0n) is 17.5. The Hall–Kier alpha value is -3.81. The number of hydrogen-bond donors (Lipinski definition) is 1. The van der Waals surface area contributed by atoms with Crippen LogP contribution in [0.1, 0.15) is 17.7 Å². The lowest BCUT2D eigenvalue weighted by atomic mass is 10.0. The van der Waals surface area contributed by atoms with Crippen molar-refractivity contribution in [2.45, 2.75) is 19.4 Å². The van der Waals surface area contributed by atoms with E-state index in [4.69, 9.17) is 4.98 Å². The standard InChI is InChI=1S/C23H23N7O/c1-15-11-16(6-9-25-15)21-17(13-24-2)12-19-22(28-21)30(18-7-10-29(19)14-18)23(31)27-20-5-3-4-8-26-20/h3-6,8-9,11-13,18H,7,10,14H2,1-2H3,(H,26,27,31)/t18-/m0/s1. The number of aliphatic imine (C=N–C) groups is 1. The number of amides is 2. The molecule has 0 radical (unpaired) electrons. The maximum atomic E-state index is 13.3. The number of hydrogen-bond acceptors (Lipinski definition) is 6. The number of anilines is 3. The molecule has 1 saturated heterocycles. The third kappa shape index (κ3) is 3.50. The highest BCUT2D eigenvalue weighted by molar-refractivity contribution is 6.05. The largest absolute Gasteiger partial charge is 0.366 e. The maximum absolute atomic E-state index is 13.3. The maximum Gasteiger partial charge on any atom is 0.329 e. The highest BCUT2D eigenvalue weighted by atomic mass is 16.2. The van der Waals surface area contributed by atoms with Crippen molar-refractivity contribution in [3.8, 4) is 11.3 Å². The Labute approximate surface area is 180 Å². The number of urea groups is 1. The summed E-state index contributed by atoms with van der Waals surface area (Å²) in [7, 11) is 1.75. The highest BCUT2D eigenvalue weighted by Crippen LogP contribution is 2.41. The number of fused-ring (bicyclic) bond motifs is 4. The Morgan fingerprint density at radius 1 is 1.23 bits per heavy atom. The van der Waals surface area contributed by atoms with Gasteiger partial charge in [0.15, 0.2) is 5.82 Å². The second kappa shape index (κ2) is 7.79. The zero-order chi connectivity index (χ0) is 21.4. The molecule has 0 aliphatic carbocycles. The van der Waals surface area contributed by atoms with E-state index >= 15 is 0 Å². The number of carbonyl (C=O) groups is 1. The molecular formula is C23H23N7O. The molecule has 31 heavy (non-hydrogen) atoms. The molecule has 2 aliphatic heterocycles. The van der Waals surface area contributed by atoms with E-state index in [1.54, 1.807) is 30.4 Å². The SMILES string of the molecule is CN=Cc1cc2c(nc1-c1ccnc(C)c1)N(C(=O)Nc1ccccn1)[C@H]1CCN2C1. The van der Waals surface area contributed by atoms with Crippen LogP contribution in [0.25, 0.3) is 11.3 Å². The third-order valence-corrected chi connectivity index (χ3v) is 5.67. The lowest BCUT2D eigenvalue weighted by Crippen LogP contribution is -2.48. The van der Waals surface area contributed by atoms with Crippen molar-refractivity contribution in [2.24, 2.45) is 4.99 Å². The minimum Gasteiger partial charge on any atom is -0.366 e. The summed E-state index contributed by atoms with van der Waals surface area (Å²) in [5.41, 5.74) is 4.51. The number of nitrogens with zero attached hydrogens (tertiary/aromatic N) is 6. The van der Waals surface area contributed by atoms with Crippen molar-refractivity contribution in [3.05, 3.63) is 60.0 Å². The first kappa shape index (κ1) is 19.2. The molecule has 156 valence electrons. The highest BCUT2D eigenvalue weighted by Gasteiger charge is 2.41. The average molecular weight is 413 g/mol. The van der Waals surface area contributed by atoms with Crippen molar-refractivity contribution in [1.82, 2.24) is 15.0 Å². The van der Waals surface area contributed by atoms with E-state index in [1.807, 2.05) is 37.4 Å². The fraction of sp³-hybridized carbons (Fsp3) is 0.261. The summed E-state index contributed by atoms with van der Waals surface area (Å²) in [6, 6.07) is 11.3. The van der Waals surface area contributed by atoms with Gasteiger partial charge in [0, 0.05) is 55.6 Å².